The molecule has 17 heavy (non-hydrogen) atoms. The molecule has 2 amide bonds. The first-order chi connectivity index (χ1) is 7.83. The molecule has 0 aliphatic carbocycles. The molecule has 0 radical (unpaired) electrons. The van der Waals surface area contributed by atoms with Crippen molar-refractivity contribution in [2.45, 2.75) is 25.2 Å². The number of carbonyl (C=O) groups excluding carboxylic acids is 2. The van der Waals surface area contributed by atoms with Crippen LogP contribution in [-0.2, 0) is 9.59 Å². The summed E-state index contributed by atoms with van der Waals surface area (Å²) in [4.78, 5) is 22.1. The highest BCUT2D eigenvalue weighted by molar-refractivity contribution is 5.83. The summed E-state index contributed by atoms with van der Waals surface area (Å²) in [6.45, 7) is -1.35. The van der Waals surface area contributed by atoms with Gasteiger partial charge in [-0.25, -0.2) is 8.78 Å². The molecule has 1 aliphatic heterocycles. The molecular formula is C9H12F4N2O2. The van der Waals surface area contributed by atoms with Crippen LogP contribution < -0.4 is 10.6 Å². The number of piperidine rings is 1. The molecule has 0 aromatic carbocycles. The summed E-state index contributed by atoms with van der Waals surface area (Å²) in [6.07, 6.45) is -3.45. The highest BCUT2D eigenvalue weighted by atomic mass is 19.3. The van der Waals surface area contributed by atoms with Gasteiger partial charge in [-0.3, -0.25) is 9.59 Å². The van der Waals surface area contributed by atoms with E-state index in [-0.39, 0.29) is 25.3 Å². The predicted molar refractivity (Wildman–Crippen MR) is 49.7 cm³/mol. The van der Waals surface area contributed by atoms with Crippen LogP contribution in [0.1, 0.15) is 12.8 Å². The van der Waals surface area contributed by atoms with Gasteiger partial charge >= 0.3 is 12.3 Å². The van der Waals surface area contributed by atoms with Crippen LogP contribution >= 0.6 is 0 Å². The van der Waals surface area contributed by atoms with Crippen LogP contribution in [0.5, 0.6) is 0 Å². The SMILES string of the molecule is O=C1CCC(C(=O)NCC(F)(F)C(F)F)CN1. The lowest BCUT2D eigenvalue weighted by Crippen LogP contribution is -2.47. The quantitative estimate of drug-likeness (QED) is 0.721. The summed E-state index contributed by atoms with van der Waals surface area (Å²) in [6, 6.07) is 0. The summed E-state index contributed by atoms with van der Waals surface area (Å²) in [5.41, 5.74) is 0. The largest absolute Gasteiger partial charge is 0.355 e. The van der Waals surface area contributed by atoms with E-state index in [1.807, 2.05) is 0 Å². The van der Waals surface area contributed by atoms with Crippen molar-refractivity contribution < 1.29 is 27.2 Å². The topological polar surface area (TPSA) is 58.2 Å². The zero-order valence-electron chi connectivity index (χ0n) is 8.81. The molecule has 1 rings (SSSR count). The molecule has 0 bridgehead atoms. The molecule has 8 heteroatoms. The second-order valence-electron chi connectivity index (χ2n) is 3.82. The number of hydrogen-bond donors (Lipinski definition) is 2. The zero-order chi connectivity index (χ0) is 13.1. The maximum atomic E-state index is 12.5. The molecule has 98 valence electrons. The second kappa shape index (κ2) is 5.33. The first-order valence-corrected chi connectivity index (χ1v) is 5.03. The molecule has 1 fully saturated rings. The van der Waals surface area contributed by atoms with Gasteiger partial charge < -0.3 is 10.6 Å². The van der Waals surface area contributed by atoms with Gasteiger partial charge in [-0.1, -0.05) is 0 Å². The van der Waals surface area contributed by atoms with Crippen LogP contribution in [0.3, 0.4) is 0 Å². The van der Waals surface area contributed by atoms with E-state index in [9.17, 15) is 27.2 Å². The number of alkyl halides is 4. The van der Waals surface area contributed by atoms with Gasteiger partial charge in [0.1, 0.15) is 0 Å². The van der Waals surface area contributed by atoms with Crippen molar-refractivity contribution in [2.24, 2.45) is 5.92 Å². The molecule has 0 spiro atoms. The Kier molecular flexibility index (Phi) is 4.30. The van der Waals surface area contributed by atoms with E-state index in [0.29, 0.717) is 0 Å². The monoisotopic (exact) mass is 256 g/mol. The van der Waals surface area contributed by atoms with Gasteiger partial charge in [-0.15, -0.1) is 0 Å². The van der Waals surface area contributed by atoms with Crippen molar-refractivity contribution in [1.82, 2.24) is 10.6 Å². The van der Waals surface area contributed by atoms with E-state index in [2.05, 4.69) is 5.32 Å². The van der Waals surface area contributed by atoms with Crippen LogP contribution in [0.25, 0.3) is 0 Å². The van der Waals surface area contributed by atoms with Crippen molar-refractivity contribution in [3.05, 3.63) is 0 Å². The summed E-state index contributed by atoms with van der Waals surface area (Å²) in [5, 5.41) is 4.17. The van der Waals surface area contributed by atoms with Crippen molar-refractivity contribution in [2.75, 3.05) is 13.1 Å². The molecule has 1 aliphatic rings. The van der Waals surface area contributed by atoms with E-state index in [1.165, 1.54) is 0 Å². The van der Waals surface area contributed by atoms with Crippen molar-refractivity contribution in [3.63, 3.8) is 0 Å². The molecule has 0 saturated carbocycles. The fourth-order valence-corrected chi connectivity index (χ4v) is 1.38. The lowest BCUT2D eigenvalue weighted by atomic mass is 9.98. The molecule has 1 heterocycles. The summed E-state index contributed by atoms with van der Waals surface area (Å²) < 4.78 is 48.6. The Balaban J connectivity index is 2.37. The Morgan fingerprint density at radius 3 is 2.65 bits per heavy atom. The standard InChI is InChI=1S/C9H12F4N2O2/c10-8(11)9(12,13)4-15-7(17)5-1-2-6(16)14-3-5/h5,8H,1-4H2,(H,14,16)(H,15,17). The molecular weight excluding hydrogens is 244 g/mol. The Bertz CT molecular complexity index is 299. The van der Waals surface area contributed by atoms with Gasteiger partial charge in [0.25, 0.3) is 0 Å². The fourth-order valence-electron chi connectivity index (χ4n) is 1.38. The lowest BCUT2D eigenvalue weighted by Gasteiger charge is -2.23. The minimum atomic E-state index is -4.23. The van der Waals surface area contributed by atoms with Crippen LogP contribution in [0, 0.1) is 5.92 Å². The van der Waals surface area contributed by atoms with Crippen molar-refractivity contribution in [1.29, 1.82) is 0 Å². The maximum absolute atomic E-state index is 12.5. The third-order valence-corrected chi connectivity index (χ3v) is 2.45. The van der Waals surface area contributed by atoms with E-state index in [4.69, 9.17) is 0 Å². The van der Waals surface area contributed by atoms with Crippen LogP contribution in [0.2, 0.25) is 0 Å². The van der Waals surface area contributed by atoms with Gasteiger partial charge in [0, 0.05) is 13.0 Å². The lowest BCUT2D eigenvalue weighted by molar-refractivity contribution is -0.139. The van der Waals surface area contributed by atoms with Crippen molar-refractivity contribution in [3.8, 4) is 0 Å². The van der Waals surface area contributed by atoms with Crippen LogP contribution in [-0.4, -0.2) is 37.3 Å². The van der Waals surface area contributed by atoms with E-state index < -0.39 is 30.7 Å². The van der Waals surface area contributed by atoms with E-state index >= 15 is 0 Å². The summed E-state index contributed by atoms with van der Waals surface area (Å²) in [7, 11) is 0. The second-order valence-corrected chi connectivity index (χ2v) is 3.82. The Labute approximate surface area is 94.7 Å². The molecule has 0 aromatic rings. The average Bonchev–Trinajstić information content (AvgIpc) is 2.27. The first kappa shape index (κ1) is 13.7. The molecule has 2 N–H and O–H groups in total. The number of hydrogen-bond acceptors (Lipinski definition) is 2. The minimum absolute atomic E-state index is 0.0465. The fraction of sp³-hybridized carbons (Fsp3) is 0.778. The molecule has 0 aromatic heterocycles. The van der Waals surface area contributed by atoms with Gasteiger partial charge in [0.2, 0.25) is 11.8 Å². The molecule has 1 unspecified atom stereocenters. The predicted octanol–water partition coefficient (Wildman–Crippen LogP) is 0.529. The third kappa shape index (κ3) is 3.86. The first-order valence-electron chi connectivity index (χ1n) is 5.03. The number of carbonyl (C=O) groups is 2. The smallest absolute Gasteiger partial charge is 0.324 e. The summed E-state index contributed by atoms with van der Waals surface area (Å²) >= 11 is 0. The maximum Gasteiger partial charge on any atom is 0.324 e. The molecule has 1 saturated heterocycles. The van der Waals surface area contributed by atoms with Crippen LogP contribution in [0.15, 0.2) is 0 Å². The number of amides is 2. The van der Waals surface area contributed by atoms with Gasteiger partial charge in [-0.2, -0.15) is 8.78 Å². The Hall–Kier alpha value is -1.34. The highest BCUT2D eigenvalue weighted by Crippen LogP contribution is 2.21. The van der Waals surface area contributed by atoms with Gasteiger partial charge in [0.05, 0.1) is 12.5 Å². The Morgan fingerprint density at radius 1 is 1.53 bits per heavy atom. The zero-order valence-corrected chi connectivity index (χ0v) is 8.81. The van der Waals surface area contributed by atoms with E-state index in [0.717, 1.165) is 0 Å². The van der Waals surface area contributed by atoms with Gasteiger partial charge in [0.15, 0.2) is 0 Å². The van der Waals surface area contributed by atoms with Crippen molar-refractivity contribution >= 4 is 11.8 Å². The summed E-state index contributed by atoms with van der Waals surface area (Å²) in [5.74, 6) is -5.83. The normalized spacial score (nSPS) is 21.2. The average molecular weight is 256 g/mol. The minimum Gasteiger partial charge on any atom is -0.355 e. The third-order valence-electron chi connectivity index (χ3n) is 2.45. The molecule has 4 nitrogen and oxygen atoms in total. The van der Waals surface area contributed by atoms with Gasteiger partial charge in [-0.05, 0) is 6.42 Å². The molecule has 1 atom stereocenters. The number of halogens is 4. The number of nitrogens with one attached hydrogen (secondary N) is 2. The van der Waals surface area contributed by atoms with E-state index in [1.54, 1.807) is 5.32 Å². The Morgan fingerprint density at radius 2 is 2.18 bits per heavy atom. The number of rotatable bonds is 4. The highest BCUT2D eigenvalue weighted by Gasteiger charge is 2.41. The van der Waals surface area contributed by atoms with Crippen LogP contribution in [0.4, 0.5) is 17.6 Å².